The van der Waals surface area contributed by atoms with E-state index in [4.69, 9.17) is 16.6 Å². The van der Waals surface area contributed by atoms with E-state index < -0.39 is 66.2 Å². The Morgan fingerprint density at radius 2 is 1.35 bits per heavy atom. The molecule has 0 aromatic rings. The number of nitrogens with two attached hydrogens (primary N) is 2. The summed E-state index contributed by atoms with van der Waals surface area (Å²) in [5, 5.41) is 25.4. The van der Waals surface area contributed by atoms with Crippen LogP contribution in [0.5, 0.6) is 0 Å². The van der Waals surface area contributed by atoms with Gasteiger partial charge in [0.05, 0.1) is 12.5 Å². The number of aliphatic carboxylic acids is 2. The highest BCUT2D eigenvalue weighted by molar-refractivity contribution is 7.98. The molecule has 0 saturated heterocycles. The molecule has 4 atom stereocenters. The second kappa shape index (κ2) is 15.9. The summed E-state index contributed by atoms with van der Waals surface area (Å²) in [6, 6.07) is -5.03. The Hall–Kier alpha value is -2.87. The topological polar surface area (TPSA) is 231 Å². The van der Waals surface area contributed by atoms with E-state index in [0.717, 1.165) is 0 Å². The zero-order valence-electron chi connectivity index (χ0n) is 19.5. The molecule has 0 fully saturated rings. The molecule has 14 heteroatoms. The number of hydrogen-bond donors (Lipinski definition) is 7. The van der Waals surface area contributed by atoms with Crippen molar-refractivity contribution in [3.63, 3.8) is 0 Å². The Bertz CT molecular complexity index is 748. The van der Waals surface area contributed by atoms with Gasteiger partial charge in [-0.3, -0.25) is 24.0 Å². The number of nitrogens with one attached hydrogen (secondary N) is 3. The number of thioether (sulfide) groups is 1. The average molecular weight is 506 g/mol. The predicted octanol–water partition coefficient (Wildman–Crippen LogP) is -1.61. The lowest BCUT2D eigenvalue weighted by Gasteiger charge is -2.25. The molecule has 194 valence electrons. The van der Waals surface area contributed by atoms with E-state index in [-0.39, 0.29) is 31.6 Å². The maximum absolute atomic E-state index is 12.9. The van der Waals surface area contributed by atoms with E-state index in [9.17, 15) is 33.9 Å². The van der Waals surface area contributed by atoms with Crippen molar-refractivity contribution in [1.29, 1.82) is 0 Å². The highest BCUT2D eigenvalue weighted by Crippen LogP contribution is 2.08. The van der Waals surface area contributed by atoms with Crippen LogP contribution in [0.1, 0.15) is 46.0 Å². The van der Waals surface area contributed by atoms with E-state index in [1.807, 2.05) is 0 Å². The first-order chi connectivity index (χ1) is 15.8. The van der Waals surface area contributed by atoms with Crippen LogP contribution < -0.4 is 27.4 Å². The van der Waals surface area contributed by atoms with E-state index in [1.165, 1.54) is 11.8 Å². The molecule has 4 amide bonds. The Balaban J connectivity index is 5.53. The molecule has 4 unspecified atom stereocenters. The molecular formula is C20H35N5O8S. The van der Waals surface area contributed by atoms with Gasteiger partial charge in [0.15, 0.2) is 0 Å². The van der Waals surface area contributed by atoms with Gasteiger partial charge in [0.25, 0.3) is 0 Å². The molecule has 0 bridgehead atoms. The molecule has 0 spiro atoms. The summed E-state index contributed by atoms with van der Waals surface area (Å²) in [4.78, 5) is 71.3. The van der Waals surface area contributed by atoms with Gasteiger partial charge in [0.2, 0.25) is 23.6 Å². The lowest BCUT2D eigenvalue weighted by atomic mass is 10.0. The normalized spacial score (nSPS) is 14.4. The molecule has 34 heavy (non-hydrogen) atoms. The molecule has 0 aliphatic rings. The van der Waals surface area contributed by atoms with Gasteiger partial charge in [-0.25, -0.2) is 4.79 Å². The van der Waals surface area contributed by atoms with E-state index in [1.54, 1.807) is 20.1 Å². The minimum Gasteiger partial charge on any atom is -0.481 e. The van der Waals surface area contributed by atoms with Crippen LogP contribution in [-0.2, 0) is 28.8 Å². The fourth-order valence-corrected chi connectivity index (χ4v) is 3.33. The van der Waals surface area contributed by atoms with Gasteiger partial charge >= 0.3 is 11.9 Å². The summed E-state index contributed by atoms with van der Waals surface area (Å²) >= 11 is 1.40. The predicted molar refractivity (Wildman–Crippen MR) is 125 cm³/mol. The van der Waals surface area contributed by atoms with Gasteiger partial charge in [-0.15, -0.1) is 0 Å². The number of hydrogen-bond acceptors (Lipinski definition) is 8. The molecule has 0 heterocycles. The van der Waals surface area contributed by atoms with Gasteiger partial charge in [0.1, 0.15) is 18.1 Å². The van der Waals surface area contributed by atoms with Crippen molar-refractivity contribution in [1.82, 2.24) is 16.0 Å². The van der Waals surface area contributed by atoms with Crippen LogP contribution in [0.25, 0.3) is 0 Å². The van der Waals surface area contributed by atoms with E-state index >= 15 is 0 Å². The Labute approximate surface area is 202 Å². The fourth-order valence-electron chi connectivity index (χ4n) is 2.86. The average Bonchev–Trinajstić information content (AvgIpc) is 2.71. The van der Waals surface area contributed by atoms with Gasteiger partial charge < -0.3 is 37.6 Å². The zero-order valence-corrected chi connectivity index (χ0v) is 20.4. The Kier molecular flexibility index (Phi) is 14.5. The molecule has 0 aliphatic carbocycles. The summed E-state index contributed by atoms with van der Waals surface area (Å²) in [6.45, 7) is 3.60. The van der Waals surface area contributed by atoms with Crippen molar-refractivity contribution < 1.29 is 39.0 Å². The van der Waals surface area contributed by atoms with E-state index in [0.29, 0.717) is 5.75 Å². The second-order valence-electron chi connectivity index (χ2n) is 8.14. The number of carboxylic acids is 2. The summed E-state index contributed by atoms with van der Waals surface area (Å²) in [7, 11) is 0. The van der Waals surface area contributed by atoms with Gasteiger partial charge in [-0.2, -0.15) is 11.8 Å². The SMILES string of the molecule is CSCCC(NC(=O)C(CCC(N)=O)NC(=O)C(N)CC(=O)O)C(=O)NC(CC(C)C)C(=O)O. The number of rotatable bonds is 17. The molecule has 9 N–H and O–H groups in total. The van der Waals surface area contributed by atoms with Gasteiger partial charge in [-0.1, -0.05) is 13.8 Å². The van der Waals surface area contributed by atoms with Crippen LogP contribution in [0.15, 0.2) is 0 Å². The molecule has 0 saturated carbocycles. The van der Waals surface area contributed by atoms with Crippen LogP contribution in [0.4, 0.5) is 0 Å². The van der Waals surface area contributed by atoms with Crippen molar-refractivity contribution >= 4 is 47.3 Å². The first-order valence-corrected chi connectivity index (χ1v) is 12.1. The van der Waals surface area contributed by atoms with Crippen LogP contribution >= 0.6 is 11.8 Å². The van der Waals surface area contributed by atoms with E-state index in [2.05, 4.69) is 16.0 Å². The molecular weight excluding hydrogens is 470 g/mol. The van der Waals surface area contributed by atoms with Gasteiger partial charge in [0, 0.05) is 6.42 Å². The molecule has 0 aromatic heterocycles. The highest BCUT2D eigenvalue weighted by Gasteiger charge is 2.30. The first kappa shape index (κ1) is 31.1. The number of primary amides is 1. The standard InChI is InChI=1S/C20H35N5O8S/c1-10(2)8-14(20(32)33)25-19(31)13(6-7-34-3)24-18(30)12(4-5-15(22)26)23-17(29)11(21)9-16(27)28/h10-14H,4-9,21H2,1-3H3,(H2,22,26)(H,23,29)(H,24,30)(H,25,31)(H,27,28)(H,32,33). The number of carboxylic acid groups (broad SMARTS) is 2. The third-order valence-electron chi connectivity index (χ3n) is 4.61. The quantitative estimate of drug-likeness (QED) is 0.119. The molecule has 0 aromatic carbocycles. The van der Waals surface area contributed by atoms with Crippen LogP contribution in [0.2, 0.25) is 0 Å². The summed E-state index contributed by atoms with van der Waals surface area (Å²) in [5.74, 6) is -5.28. The molecule has 13 nitrogen and oxygen atoms in total. The lowest BCUT2D eigenvalue weighted by molar-refractivity contribution is -0.142. The monoisotopic (exact) mass is 505 g/mol. The maximum atomic E-state index is 12.9. The second-order valence-corrected chi connectivity index (χ2v) is 9.13. The molecule has 0 rings (SSSR count). The maximum Gasteiger partial charge on any atom is 0.326 e. The van der Waals surface area contributed by atoms with Crippen LogP contribution in [-0.4, -0.2) is 82.0 Å². The summed E-state index contributed by atoms with van der Waals surface area (Å²) in [5.41, 5.74) is 10.6. The van der Waals surface area contributed by atoms with Crippen LogP contribution in [0, 0.1) is 5.92 Å². The molecule has 0 radical (unpaired) electrons. The minimum absolute atomic E-state index is 0.0101. The number of carbonyl (C=O) groups excluding carboxylic acids is 4. The van der Waals surface area contributed by atoms with Crippen LogP contribution in [0.3, 0.4) is 0 Å². The minimum atomic E-state index is -1.44. The van der Waals surface area contributed by atoms with Crippen molar-refractivity contribution in [2.24, 2.45) is 17.4 Å². The lowest BCUT2D eigenvalue weighted by Crippen LogP contribution is -2.57. The van der Waals surface area contributed by atoms with Crippen molar-refractivity contribution in [3.8, 4) is 0 Å². The zero-order chi connectivity index (χ0) is 26.4. The third-order valence-corrected chi connectivity index (χ3v) is 5.25. The Morgan fingerprint density at radius 3 is 1.79 bits per heavy atom. The molecule has 0 aliphatic heterocycles. The fraction of sp³-hybridized carbons (Fsp3) is 0.700. The summed E-state index contributed by atoms with van der Waals surface area (Å²) < 4.78 is 0. The summed E-state index contributed by atoms with van der Waals surface area (Å²) in [6.07, 6.45) is 0.972. The number of carbonyl (C=O) groups is 6. The smallest absolute Gasteiger partial charge is 0.326 e. The number of amides is 4. The Morgan fingerprint density at radius 1 is 0.853 bits per heavy atom. The van der Waals surface area contributed by atoms with Crippen molar-refractivity contribution in [2.75, 3.05) is 12.0 Å². The first-order valence-electron chi connectivity index (χ1n) is 10.7. The largest absolute Gasteiger partial charge is 0.481 e. The van der Waals surface area contributed by atoms with Crippen molar-refractivity contribution in [2.45, 2.75) is 70.1 Å². The highest BCUT2D eigenvalue weighted by atomic mass is 32.2. The third kappa shape index (κ3) is 13.0. The van der Waals surface area contributed by atoms with Crippen molar-refractivity contribution in [3.05, 3.63) is 0 Å². The van der Waals surface area contributed by atoms with Gasteiger partial charge in [-0.05, 0) is 37.2 Å².